The third-order valence-electron chi connectivity index (χ3n) is 2.35. The highest BCUT2D eigenvalue weighted by Crippen LogP contribution is 2.16. The van der Waals surface area contributed by atoms with Gasteiger partial charge in [0.15, 0.2) is 0 Å². The maximum Gasteiger partial charge on any atom is 0.146 e. The van der Waals surface area contributed by atoms with E-state index in [0.29, 0.717) is 12.2 Å². The predicted octanol–water partition coefficient (Wildman–Crippen LogP) is 3.90. The van der Waals surface area contributed by atoms with Gasteiger partial charge in [-0.3, -0.25) is 0 Å². The smallest absolute Gasteiger partial charge is 0.146 e. The summed E-state index contributed by atoms with van der Waals surface area (Å²) in [5, 5.41) is 3.04. The zero-order valence-corrected chi connectivity index (χ0v) is 11.0. The largest absolute Gasteiger partial charge is 0.377 e. The van der Waals surface area contributed by atoms with Crippen molar-refractivity contribution < 1.29 is 4.39 Å². The highest BCUT2D eigenvalue weighted by molar-refractivity contribution is 9.10. The summed E-state index contributed by atoms with van der Waals surface area (Å²) in [7, 11) is 0. The van der Waals surface area contributed by atoms with E-state index in [1.165, 1.54) is 6.07 Å². The summed E-state index contributed by atoms with van der Waals surface area (Å²) >= 11 is 3.30. The molecule has 1 aromatic carbocycles. The van der Waals surface area contributed by atoms with Crippen molar-refractivity contribution in [1.82, 2.24) is 4.98 Å². The highest BCUT2D eigenvalue weighted by Gasteiger charge is 2.02. The van der Waals surface area contributed by atoms with Gasteiger partial charge in [-0.1, -0.05) is 12.1 Å². The second kappa shape index (κ2) is 5.27. The molecular formula is C13H12BrFN2. The van der Waals surface area contributed by atoms with Crippen molar-refractivity contribution in [3.8, 4) is 0 Å². The molecule has 0 spiro atoms. The summed E-state index contributed by atoms with van der Waals surface area (Å²) in [6.45, 7) is 2.43. The molecule has 2 rings (SSSR count). The number of halogens is 2. The van der Waals surface area contributed by atoms with Gasteiger partial charge in [0, 0.05) is 0 Å². The standard InChI is InChI=1S/C13H12BrFN2/c1-9-5-6-11(15)12(7-9)16-8-10-3-2-4-13(14)17-10/h2-7,16H,8H2,1H3. The third kappa shape index (κ3) is 3.27. The number of benzene rings is 1. The molecule has 2 aromatic rings. The first-order valence-corrected chi connectivity index (χ1v) is 6.06. The molecule has 0 aliphatic rings. The van der Waals surface area contributed by atoms with Gasteiger partial charge in [-0.05, 0) is 52.7 Å². The van der Waals surface area contributed by atoms with Gasteiger partial charge >= 0.3 is 0 Å². The molecule has 0 amide bonds. The minimum Gasteiger partial charge on any atom is -0.377 e. The number of hydrogen-bond acceptors (Lipinski definition) is 2. The van der Waals surface area contributed by atoms with Gasteiger partial charge in [-0.25, -0.2) is 9.37 Å². The Morgan fingerprint density at radius 2 is 2.12 bits per heavy atom. The van der Waals surface area contributed by atoms with E-state index in [1.807, 2.05) is 25.1 Å². The molecule has 1 heterocycles. The molecule has 0 unspecified atom stereocenters. The van der Waals surface area contributed by atoms with E-state index in [9.17, 15) is 4.39 Å². The Balaban J connectivity index is 2.09. The van der Waals surface area contributed by atoms with Gasteiger partial charge in [0.05, 0.1) is 17.9 Å². The van der Waals surface area contributed by atoms with Crippen molar-refractivity contribution >= 4 is 21.6 Å². The van der Waals surface area contributed by atoms with Gasteiger partial charge in [0.1, 0.15) is 10.4 Å². The van der Waals surface area contributed by atoms with E-state index in [2.05, 4.69) is 26.2 Å². The number of nitrogens with zero attached hydrogens (tertiary/aromatic N) is 1. The summed E-state index contributed by atoms with van der Waals surface area (Å²) in [5.41, 5.74) is 2.39. The van der Waals surface area contributed by atoms with Crippen LogP contribution in [0.25, 0.3) is 0 Å². The fourth-order valence-corrected chi connectivity index (χ4v) is 1.89. The summed E-state index contributed by atoms with van der Waals surface area (Å²) < 4.78 is 14.2. The molecule has 0 aliphatic heterocycles. The zero-order valence-electron chi connectivity index (χ0n) is 9.37. The Morgan fingerprint density at radius 3 is 2.88 bits per heavy atom. The van der Waals surface area contributed by atoms with Crippen LogP contribution in [-0.2, 0) is 6.54 Å². The molecule has 2 nitrogen and oxygen atoms in total. The Kier molecular flexibility index (Phi) is 3.74. The molecular weight excluding hydrogens is 283 g/mol. The Hall–Kier alpha value is -1.42. The van der Waals surface area contributed by atoms with Crippen molar-refractivity contribution in [2.75, 3.05) is 5.32 Å². The van der Waals surface area contributed by atoms with Crippen LogP contribution in [0.3, 0.4) is 0 Å². The maximum absolute atomic E-state index is 13.5. The fourth-order valence-electron chi connectivity index (χ4n) is 1.51. The van der Waals surface area contributed by atoms with Gasteiger partial charge in [0.25, 0.3) is 0 Å². The summed E-state index contributed by atoms with van der Waals surface area (Å²) in [6, 6.07) is 10.7. The number of hydrogen-bond donors (Lipinski definition) is 1. The molecule has 0 fully saturated rings. The molecule has 0 atom stereocenters. The molecule has 4 heteroatoms. The lowest BCUT2D eigenvalue weighted by Gasteiger charge is -2.08. The van der Waals surface area contributed by atoms with Crippen LogP contribution in [0.5, 0.6) is 0 Å². The normalized spacial score (nSPS) is 10.3. The molecule has 0 saturated carbocycles. The van der Waals surface area contributed by atoms with E-state index >= 15 is 0 Å². The summed E-state index contributed by atoms with van der Waals surface area (Å²) in [5.74, 6) is -0.245. The third-order valence-corrected chi connectivity index (χ3v) is 2.80. The van der Waals surface area contributed by atoms with Crippen molar-refractivity contribution in [2.45, 2.75) is 13.5 Å². The minimum absolute atomic E-state index is 0.245. The molecule has 0 aliphatic carbocycles. The van der Waals surface area contributed by atoms with Crippen LogP contribution >= 0.6 is 15.9 Å². The number of pyridine rings is 1. The molecule has 88 valence electrons. The highest BCUT2D eigenvalue weighted by atomic mass is 79.9. The Morgan fingerprint density at radius 1 is 1.29 bits per heavy atom. The van der Waals surface area contributed by atoms with Crippen LogP contribution in [0, 0.1) is 12.7 Å². The first-order chi connectivity index (χ1) is 8.15. The van der Waals surface area contributed by atoms with Crippen LogP contribution in [0.2, 0.25) is 0 Å². The van der Waals surface area contributed by atoms with Crippen LogP contribution in [0.1, 0.15) is 11.3 Å². The van der Waals surface area contributed by atoms with Gasteiger partial charge < -0.3 is 5.32 Å². The van der Waals surface area contributed by atoms with Gasteiger partial charge in [-0.15, -0.1) is 0 Å². The summed E-state index contributed by atoms with van der Waals surface area (Å²) in [4.78, 5) is 4.27. The molecule has 0 bridgehead atoms. The lowest BCUT2D eigenvalue weighted by atomic mass is 10.2. The van der Waals surface area contributed by atoms with Gasteiger partial charge in [0.2, 0.25) is 0 Å². The SMILES string of the molecule is Cc1ccc(F)c(NCc2cccc(Br)n2)c1. The van der Waals surface area contributed by atoms with Crippen LogP contribution in [-0.4, -0.2) is 4.98 Å². The Bertz CT molecular complexity index is 529. The van der Waals surface area contributed by atoms with Gasteiger partial charge in [-0.2, -0.15) is 0 Å². The van der Waals surface area contributed by atoms with E-state index < -0.39 is 0 Å². The average Bonchev–Trinajstić information content (AvgIpc) is 2.30. The molecule has 17 heavy (non-hydrogen) atoms. The molecule has 1 aromatic heterocycles. The first kappa shape index (κ1) is 12.0. The monoisotopic (exact) mass is 294 g/mol. The van der Waals surface area contributed by atoms with Crippen molar-refractivity contribution in [3.63, 3.8) is 0 Å². The number of aromatic nitrogens is 1. The minimum atomic E-state index is -0.245. The van der Waals surface area contributed by atoms with Crippen LogP contribution in [0.15, 0.2) is 41.0 Å². The number of rotatable bonds is 3. The number of anilines is 1. The number of nitrogens with one attached hydrogen (secondary N) is 1. The average molecular weight is 295 g/mol. The van der Waals surface area contributed by atoms with E-state index in [4.69, 9.17) is 0 Å². The lowest BCUT2D eigenvalue weighted by Crippen LogP contribution is -2.03. The lowest BCUT2D eigenvalue weighted by molar-refractivity contribution is 0.629. The van der Waals surface area contributed by atoms with Crippen molar-refractivity contribution in [1.29, 1.82) is 0 Å². The zero-order chi connectivity index (χ0) is 12.3. The molecule has 0 saturated heterocycles. The molecule has 1 N–H and O–H groups in total. The quantitative estimate of drug-likeness (QED) is 0.869. The van der Waals surface area contributed by atoms with Crippen LogP contribution < -0.4 is 5.32 Å². The fraction of sp³-hybridized carbons (Fsp3) is 0.154. The maximum atomic E-state index is 13.5. The Labute approximate surface area is 108 Å². The second-order valence-corrected chi connectivity index (χ2v) is 4.60. The predicted molar refractivity (Wildman–Crippen MR) is 70.4 cm³/mol. The van der Waals surface area contributed by atoms with E-state index in [0.717, 1.165) is 15.9 Å². The van der Waals surface area contributed by atoms with Crippen molar-refractivity contribution in [2.24, 2.45) is 0 Å². The topological polar surface area (TPSA) is 24.9 Å². The van der Waals surface area contributed by atoms with E-state index in [-0.39, 0.29) is 5.82 Å². The first-order valence-electron chi connectivity index (χ1n) is 5.26. The molecule has 0 radical (unpaired) electrons. The summed E-state index contributed by atoms with van der Waals surface area (Å²) in [6.07, 6.45) is 0. The van der Waals surface area contributed by atoms with E-state index in [1.54, 1.807) is 12.1 Å². The van der Waals surface area contributed by atoms with Crippen LogP contribution in [0.4, 0.5) is 10.1 Å². The van der Waals surface area contributed by atoms with Crippen molar-refractivity contribution in [3.05, 3.63) is 58.1 Å². The second-order valence-electron chi connectivity index (χ2n) is 3.79. The number of aryl methyl sites for hydroxylation is 1.